The molecule has 0 aromatic rings. The first-order valence-corrected chi connectivity index (χ1v) is 18.7. The molecule has 25 heteroatoms. The summed E-state index contributed by atoms with van der Waals surface area (Å²) in [5.41, 5.74) is -17.8. The van der Waals surface area contributed by atoms with Gasteiger partial charge in [0, 0.05) is 11.8 Å². The Hall–Kier alpha value is -2.44. The molecule has 3 aliphatic carbocycles. The number of rotatable bonds is 9. The Morgan fingerprint density at radius 3 is 1.13 bits per heavy atom. The fraction of sp³-hybridized carbons (Fsp3) is 0.944. The summed E-state index contributed by atoms with van der Waals surface area (Å²) >= 11 is 0. The molecule has 61 heavy (non-hydrogen) atoms. The van der Waals surface area contributed by atoms with Gasteiger partial charge in [-0.3, -0.25) is 9.59 Å². The maximum Gasteiger partial charge on any atom is 0.426 e. The van der Waals surface area contributed by atoms with E-state index < -0.39 is 115 Å². The van der Waals surface area contributed by atoms with Gasteiger partial charge in [0.1, 0.15) is 6.10 Å². The van der Waals surface area contributed by atoms with Crippen molar-refractivity contribution in [2.75, 3.05) is 7.11 Å². The molecule has 3 rings (SSSR count). The zero-order valence-electron chi connectivity index (χ0n) is 33.8. The Morgan fingerprint density at radius 1 is 0.525 bits per heavy atom. The molecule has 0 spiro atoms. The van der Waals surface area contributed by atoms with Gasteiger partial charge < -0.3 is 24.8 Å². The number of ether oxygens (including phenoxy) is 2. The predicted molar refractivity (Wildman–Crippen MR) is 176 cm³/mol. The smallest absolute Gasteiger partial charge is 0.426 e. The Balaban J connectivity index is 0.000000566. The first kappa shape index (κ1) is 56.6. The normalized spacial score (nSPS) is 24.9. The number of fused-ring (bicyclic) bond motifs is 2. The third-order valence-electron chi connectivity index (χ3n) is 12.3. The van der Waals surface area contributed by atoms with Crippen LogP contribution < -0.4 is 0 Å². The van der Waals surface area contributed by atoms with Crippen molar-refractivity contribution in [3.8, 4) is 0 Å². The van der Waals surface area contributed by atoms with Gasteiger partial charge in [0.15, 0.2) is 0 Å². The van der Waals surface area contributed by atoms with Crippen LogP contribution in [0.2, 0.25) is 0 Å². The zero-order chi connectivity index (χ0) is 48.6. The van der Waals surface area contributed by atoms with Gasteiger partial charge >= 0.3 is 49.0 Å². The number of aliphatic hydroxyl groups is 3. The molecule has 2 bridgehead atoms. The maximum absolute atomic E-state index is 13.3. The highest BCUT2D eigenvalue weighted by molar-refractivity contribution is 5.76. The number of carbonyl (C=O) groups is 2. The molecule has 0 radical (unpaired) electrons. The van der Waals surface area contributed by atoms with Gasteiger partial charge in [-0.05, 0) is 103 Å². The Morgan fingerprint density at radius 2 is 0.885 bits per heavy atom. The Labute approximate surface area is 338 Å². The van der Waals surface area contributed by atoms with Crippen molar-refractivity contribution < 1.29 is 113 Å². The topological polar surface area (TPSA) is 113 Å². The highest BCUT2D eigenvalue weighted by atomic mass is 19.4. The summed E-state index contributed by atoms with van der Waals surface area (Å²) < 4.78 is 244. The predicted octanol–water partition coefficient (Wildman–Crippen LogP) is 10.7. The SMILES string of the molecule is CCC(C)(C)C(=O)OC.CCC(C)(C)C(=O)OC1CC(C(O)(C(F)(F)F)C(F)(F)F)CC(C(O)(C(F)(F)F)C(F)(F)F)C1.OC(CC1CC2CCC1C2)(C(F)(F)F)C(F)(F)F. The second-order valence-electron chi connectivity index (χ2n) is 17.1. The molecule has 5 atom stereocenters. The molecule has 5 unspecified atom stereocenters. The molecule has 7 nitrogen and oxygen atoms in total. The lowest BCUT2D eigenvalue weighted by atomic mass is 9.65. The number of halogens is 18. The van der Waals surface area contributed by atoms with Crippen LogP contribution in [-0.2, 0) is 19.1 Å². The lowest BCUT2D eigenvalue weighted by Crippen LogP contribution is -2.67. The number of hydrogen-bond acceptors (Lipinski definition) is 7. The Bertz CT molecular complexity index is 1370. The molecule has 3 fully saturated rings. The highest BCUT2D eigenvalue weighted by Gasteiger charge is 2.78. The van der Waals surface area contributed by atoms with Crippen LogP contribution in [0.4, 0.5) is 79.0 Å². The first-order valence-electron chi connectivity index (χ1n) is 18.7. The van der Waals surface area contributed by atoms with E-state index in [4.69, 9.17) is 9.84 Å². The van der Waals surface area contributed by atoms with E-state index in [1.54, 1.807) is 0 Å². The van der Waals surface area contributed by atoms with Crippen LogP contribution in [0.5, 0.6) is 0 Å². The van der Waals surface area contributed by atoms with Crippen molar-refractivity contribution in [1.82, 2.24) is 0 Å². The standard InChI is InChI=1S/C18H22F12O4.C11H14F6O.C7H14O2/c1-4-12(2,3)11(31)34-10-6-8(13(32,15(19,20)21)16(22,23)24)5-9(7-10)14(33,17(25,26)27)18(28,29)30;12-10(13,14)9(18,11(15,16)17)5-8-4-6-1-2-7(8)3-6;1-5-7(2,3)6(8)9-4/h8-10,32-33H,4-7H2,1-3H3;6-8,18H,1-5H2;5H2,1-4H3. The van der Waals surface area contributed by atoms with E-state index in [0.717, 1.165) is 12.8 Å². The van der Waals surface area contributed by atoms with Crippen molar-refractivity contribution >= 4 is 11.9 Å². The molecule has 362 valence electrons. The van der Waals surface area contributed by atoms with Crippen molar-refractivity contribution in [2.45, 2.75) is 166 Å². The van der Waals surface area contributed by atoms with E-state index in [2.05, 4.69) is 4.74 Å². The average Bonchev–Trinajstić information content (AvgIpc) is 3.71. The molecule has 0 amide bonds. The van der Waals surface area contributed by atoms with Gasteiger partial charge in [0.25, 0.3) is 16.8 Å². The van der Waals surface area contributed by atoms with Crippen LogP contribution in [0.25, 0.3) is 0 Å². The average molecular weight is 937 g/mol. The molecule has 0 aromatic carbocycles. The van der Waals surface area contributed by atoms with Gasteiger partial charge in [-0.2, -0.15) is 79.0 Å². The molecule has 0 aliphatic heterocycles. The van der Waals surface area contributed by atoms with E-state index in [0.29, 0.717) is 19.3 Å². The summed E-state index contributed by atoms with van der Waals surface area (Å²) in [5, 5.41) is 28.4. The minimum absolute atomic E-state index is 0.0184. The lowest BCUT2D eigenvalue weighted by Gasteiger charge is -2.48. The van der Waals surface area contributed by atoms with Crippen LogP contribution in [0, 0.1) is 40.4 Å². The lowest BCUT2D eigenvalue weighted by molar-refractivity contribution is -0.405. The molecule has 3 N–H and O–H groups in total. The minimum Gasteiger partial charge on any atom is -0.469 e. The fourth-order valence-electron chi connectivity index (χ4n) is 7.57. The third-order valence-corrected chi connectivity index (χ3v) is 12.3. The number of carbonyl (C=O) groups excluding carboxylic acids is 2. The quantitative estimate of drug-likeness (QED) is 0.156. The summed E-state index contributed by atoms with van der Waals surface area (Å²) in [6, 6.07) is 0. The van der Waals surface area contributed by atoms with Crippen molar-refractivity contribution in [2.24, 2.45) is 40.4 Å². The van der Waals surface area contributed by atoms with Gasteiger partial charge in [-0.25, -0.2) is 0 Å². The molecular weight excluding hydrogens is 886 g/mol. The van der Waals surface area contributed by atoms with E-state index in [1.165, 1.54) is 27.9 Å². The van der Waals surface area contributed by atoms with E-state index in [9.17, 15) is 98.8 Å². The van der Waals surface area contributed by atoms with Gasteiger partial charge in [-0.15, -0.1) is 0 Å². The molecule has 0 aromatic heterocycles. The highest BCUT2D eigenvalue weighted by Crippen LogP contribution is 2.59. The van der Waals surface area contributed by atoms with Gasteiger partial charge in [0.05, 0.1) is 17.9 Å². The van der Waals surface area contributed by atoms with Gasteiger partial charge in [-0.1, -0.05) is 20.3 Å². The van der Waals surface area contributed by atoms with Gasteiger partial charge in [0.2, 0.25) is 0 Å². The Kier molecular flexibility index (Phi) is 17.2. The molecule has 0 heterocycles. The second kappa shape index (κ2) is 18.6. The van der Waals surface area contributed by atoms with E-state index in [1.807, 2.05) is 20.8 Å². The number of methoxy groups -OCH3 is 1. The largest absolute Gasteiger partial charge is 0.469 e. The second-order valence-corrected chi connectivity index (χ2v) is 17.1. The maximum atomic E-state index is 13.3. The summed E-state index contributed by atoms with van der Waals surface area (Å²) in [4.78, 5) is 23.1. The summed E-state index contributed by atoms with van der Waals surface area (Å²) in [5.74, 6) is -8.71. The first-order chi connectivity index (χ1) is 26.9. The summed E-state index contributed by atoms with van der Waals surface area (Å²) in [6.45, 7) is 9.54. The fourth-order valence-corrected chi connectivity index (χ4v) is 7.57. The van der Waals surface area contributed by atoms with E-state index >= 15 is 0 Å². The van der Waals surface area contributed by atoms with Crippen molar-refractivity contribution in [3.63, 3.8) is 0 Å². The summed E-state index contributed by atoms with van der Waals surface area (Å²) in [6.07, 6.45) is -43.1. The van der Waals surface area contributed by atoms with Crippen LogP contribution in [-0.4, -0.2) is 94.3 Å². The molecule has 0 saturated heterocycles. The van der Waals surface area contributed by atoms with Crippen LogP contribution in [0.1, 0.15) is 106 Å². The van der Waals surface area contributed by atoms with Crippen LogP contribution in [0.15, 0.2) is 0 Å². The summed E-state index contributed by atoms with van der Waals surface area (Å²) in [7, 11) is 1.42. The third kappa shape index (κ3) is 12.0. The zero-order valence-corrected chi connectivity index (χ0v) is 33.8. The van der Waals surface area contributed by atoms with Crippen LogP contribution in [0.3, 0.4) is 0 Å². The van der Waals surface area contributed by atoms with Crippen LogP contribution >= 0.6 is 0 Å². The number of alkyl halides is 18. The number of esters is 2. The van der Waals surface area contributed by atoms with E-state index in [-0.39, 0.29) is 29.6 Å². The minimum atomic E-state index is -6.58. The number of hydrogen-bond donors (Lipinski definition) is 3. The monoisotopic (exact) mass is 936 g/mol. The molecular formula is C36H50F18O7. The molecule has 3 saturated carbocycles. The van der Waals surface area contributed by atoms with Crippen molar-refractivity contribution in [3.05, 3.63) is 0 Å². The molecule has 3 aliphatic rings. The van der Waals surface area contributed by atoms with Crippen molar-refractivity contribution in [1.29, 1.82) is 0 Å².